The third-order valence-electron chi connectivity index (χ3n) is 7.12. The second-order valence-electron chi connectivity index (χ2n) is 9.36. The third kappa shape index (κ3) is 4.55. The zero-order valence-electron chi connectivity index (χ0n) is 19.8. The maximum Gasteiger partial charge on any atom is 0.129 e. The second-order valence-corrected chi connectivity index (χ2v) is 9.36. The van der Waals surface area contributed by atoms with Gasteiger partial charge < -0.3 is 10.1 Å². The molecule has 4 aromatic rings. The molecule has 1 heterocycles. The molecule has 4 heteroatoms. The number of anilines is 1. The van der Waals surface area contributed by atoms with E-state index >= 15 is 0 Å². The SMILES string of the molecule is Fc1ccccc1COc1ccc(C=Nc2ccc([C@@H]3Nc4ccccc4[C@H]4C=CC[C@H]43)cc2)cc1. The summed E-state index contributed by atoms with van der Waals surface area (Å²) >= 11 is 0. The lowest BCUT2D eigenvalue weighted by atomic mass is 9.77. The third-order valence-corrected chi connectivity index (χ3v) is 7.12. The number of halogens is 1. The van der Waals surface area contributed by atoms with E-state index in [1.165, 1.54) is 22.9 Å². The van der Waals surface area contributed by atoms with Gasteiger partial charge in [0.05, 0.1) is 11.7 Å². The normalized spacial score (nSPS) is 20.1. The molecule has 0 amide bonds. The molecule has 0 radical (unpaired) electrons. The van der Waals surface area contributed by atoms with E-state index in [0.717, 1.165) is 17.7 Å². The predicted molar refractivity (Wildman–Crippen MR) is 144 cm³/mol. The van der Waals surface area contributed by atoms with E-state index < -0.39 is 0 Å². The fourth-order valence-corrected chi connectivity index (χ4v) is 5.22. The molecule has 0 saturated carbocycles. The van der Waals surface area contributed by atoms with Gasteiger partial charge in [-0.25, -0.2) is 4.39 Å². The summed E-state index contributed by atoms with van der Waals surface area (Å²) in [5.74, 6) is 1.45. The summed E-state index contributed by atoms with van der Waals surface area (Å²) < 4.78 is 19.5. The molecule has 3 nitrogen and oxygen atoms in total. The quantitative estimate of drug-likeness (QED) is 0.227. The van der Waals surface area contributed by atoms with Crippen molar-refractivity contribution in [3.8, 4) is 5.75 Å². The summed E-state index contributed by atoms with van der Waals surface area (Å²) in [6, 6.07) is 31.8. The number of aliphatic imine (C=N–C) groups is 1. The van der Waals surface area contributed by atoms with Gasteiger partial charge >= 0.3 is 0 Å². The Labute approximate surface area is 211 Å². The highest BCUT2D eigenvalue weighted by Gasteiger charge is 2.37. The number of allylic oxidation sites excluding steroid dienone is 2. The molecule has 0 saturated heterocycles. The van der Waals surface area contributed by atoms with Crippen molar-refractivity contribution in [3.05, 3.63) is 137 Å². The van der Waals surface area contributed by atoms with E-state index in [-0.39, 0.29) is 18.5 Å². The van der Waals surface area contributed by atoms with Crippen LogP contribution in [0.4, 0.5) is 15.8 Å². The van der Waals surface area contributed by atoms with Gasteiger partial charge in [-0.2, -0.15) is 0 Å². The zero-order valence-corrected chi connectivity index (χ0v) is 19.8. The van der Waals surface area contributed by atoms with Crippen LogP contribution in [0.3, 0.4) is 0 Å². The molecule has 3 atom stereocenters. The standard InChI is InChI=1S/C32H27FN2O/c33-30-10-3-1-6-24(30)21-36-26-18-12-22(13-19-26)20-34-25-16-14-23(15-17-25)32-29-9-5-8-27(29)28-7-2-4-11-31(28)35-32/h1-8,10-20,27,29,32,35H,9,21H2/t27-,29-,32+/m1/s1. The van der Waals surface area contributed by atoms with Crippen LogP contribution in [0, 0.1) is 11.7 Å². The van der Waals surface area contributed by atoms with Crippen molar-refractivity contribution >= 4 is 17.6 Å². The highest BCUT2D eigenvalue weighted by molar-refractivity contribution is 5.82. The molecule has 0 bridgehead atoms. The molecule has 0 fully saturated rings. The van der Waals surface area contributed by atoms with Gasteiger partial charge in [0, 0.05) is 23.4 Å². The Morgan fingerprint density at radius 1 is 0.889 bits per heavy atom. The summed E-state index contributed by atoms with van der Waals surface area (Å²) in [6.07, 6.45) is 7.63. The van der Waals surface area contributed by atoms with Crippen molar-refractivity contribution in [2.24, 2.45) is 10.9 Å². The van der Waals surface area contributed by atoms with Crippen molar-refractivity contribution in [3.63, 3.8) is 0 Å². The Balaban J connectivity index is 1.10. The number of rotatable bonds is 6. The highest BCUT2D eigenvalue weighted by atomic mass is 19.1. The smallest absolute Gasteiger partial charge is 0.129 e. The molecule has 178 valence electrons. The van der Waals surface area contributed by atoms with Crippen LogP contribution in [0.25, 0.3) is 0 Å². The van der Waals surface area contributed by atoms with Gasteiger partial charge in [-0.3, -0.25) is 4.99 Å². The Morgan fingerprint density at radius 2 is 1.67 bits per heavy atom. The van der Waals surface area contributed by atoms with Gasteiger partial charge in [0.15, 0.2) is 0 Å². The first kappa shape index (κ1) is 22.3. The molecule has 0 aromatic heterocycles. The van der Waals surface area contributed by atoms with Crippen molar-refractivity contribution < 1.29 is 9.13 Å². The van der Waals surface area contributed by atoms with Crippen LogP contribution >= 0.6 is 0 Å². The predicted octanol–water partition coefficient (Wildman–Crippen LogP) is 7.98. The maximum absolute atomic E-state index is 13.8. The lowest BCUT2D eigenvalue weighted by Crippen LogP contribution is -2.28. The number of benzene rings is 4. The molecule has 0 unspecified atom stereocenters. The first-order valence-electron chi connectivity index (χ1n) is 12.4. The summed E-state index contributed by atoms with van der Waals surface area (Å²) in [4.78, 5) is 4.65. The summed E-state index contributed by atoms with van der Waals surface area (Å²) in [7, 11) is 0. The molecule has 1 aliphatic carbocycles. The summed E-state index contributed by atoms with van der Waals surface area (Å²) in [5.41, 5.74) is 6.35. The Kier molecular flexibility index (Phi) is 6.08. The van der Waals surface area contributed by atoms with Gasteiger partial charge in [0.2, 0.25) is 0 Å². The average Bonchev–Trinajstić information content (AvgIpc) is 3.43. The fraction of sp³-hybridized carbons (Fsp3) is 0.156. The lowest BCUT2D eigenvalue weighted by molar-refractivity contribution is 0.300. The number of para-hydroxylation sites is 1. The average molecular weight is 475 g/mol. The Morgan fingerprint density at radius 3 is 2.50 bits per heavy atom. The van der Waals surface area contributed by atoms with Crippen LogP contribution in [-0.2, 0) is 6.61 Å². The van der Waals surface area contributed by atoms with E-state index in [1.807, 2.05) is 30.5 Å². The van der Waals surface area contributed by atoms with Gasteiger partial charge in [-0.05, 0) is 77.6 Å². The first-order chi connectivity index (χ1) is 17.7. The minimum atomic E-state index is -0.254. The molecule has 4 aromatic carbocycles. The van der Waals surface area contributed by atoms with Gasteiger partial charge in [0.25, 0.3) is 0 Å². The molecule has 36 heavy (non-hydrogen) atoms. The number of ether oxygens (including phenoxy) is 1. The number of hydrogen-bond donors (Lipinski definition) is 1. The maximum atomic E-state index is 13.8. The molecular weight excluding hydrogens is 447 g/mol. The number of hydrogen-bond acceptors (Lipinski definition) is 3. The van der Waals surface area contributed by atoms with Crippen LogP contribution in [-0.4, -0.2) is 6.21 Å². The number of fused-ring (bicyclic) bond motifs is 3. The van der Waals surface area contributed by atoms with E-state index in [1.54, 1.807) is 18.2 Å². The minimum Gasteiger partial charge on any atom is -0.489 e. The van der Waals surface area contributed by atoms with Crippen LogP contribution in [0.2, 0.25) is 0 Å². The van der Waals surface area contributed by atoms with E-state index in [9.17, 15) is 4.39 Å². The molecule has 1 N–H and O–H groups in total. The Bertz CT molecular complexity index is 1410. The van der Waals surface area contributed by atoms with E-state index in [2.05, 4.69) is 71.0 Å². The monoisotopic (exact) mass is 474 g/mol. The van der Waals surface area contributed by atoms with Gasteiger partial charge in [-0.15, -0.1) is 0 Å². The van der Waals surface area contributed by atoms with Gasteiger partial charge in [-0.1, -0.05) is 60.7 Å². The van der Waals surface area contributed by atoms with Crippen molar-refractivity contribution in [1.82, 2.24) is 0 Å². The van der Waals surface area contributed by atoms with Crippen LogP contribution < -0.4 is 10.1 Å². The van der Waals surface area contributed by atoms with E-state index in [0.29, 0.717) is 23.1 Å². The Hall–Kier alpha value is -4.18. The van der Waals surface area contributed by atoms with E-state index in [4.69, 9.17) is 4.74 Å². The zero-order chi connectivity index (χ0) is 24.3. The molecule has 1 aliphatic heterocycles. The largest absolute Gasteiger partial charge is 0.489 e. The highest BCUT2D eigenvalue weighted by Crippen LogP contribution is 2.49. The molecular formula is C32H27FN2O. The van der Waals surface area contributed by atoms with Gasteiger partial charge in [0.1, 0.15) is 18.2 Å². The lowest BCUT2D eigenvalue weighted by Gasteiger charge is -2.37. The second kappa shape index (κ2) is 9.82. The fourth-order valence-electron chi connectivity index (χ4n) is 5.22. The van der Waals surface area contributed by atoms with Crippen molar-refractivity contribution in [2.75, 3.05) is 5.32 Å². The minimum absolute atomic E-state index is 0.200. The van der Waals surface area contributed by atoms with Crippen molar-refractivity contribution in [2.45, 2.75) is 25.0 Å². The summed E-state index contributed by atoms with van der Waals surface area (Å²) in [6.45, 7) is 0.200. The van der Waals surface area contributed by atoms with Crippen LogP contribution in [0.15, 0.2) is 114 Å². The van der Waals surface area contributed by atoms with Crippen molar-refractivity contribution in [1.29, 1.82) is 0 Å². The number of nitrogens with one attached hydrogen (secondary N) is 1. The molecule has 2 aliphatic rings. The molecule has 0 spiro atoms. The molecule has 6 rings (SSSR count). The topological polar surface area (TPSA) is 33.6 Å². The van der Waals surface area contributed by atoms with Crippen LogP contribution in [0.5, 0.6) is 5.75 Å². The van der Waals surface area contributed by atoms with Crippen LogP contribution in [0.1, 0.15) is 40.6 Å². The number of nitrogens with zero attached hydrogens (tertiary/aromatic N) is 1. The summed E-state index contributed by atoms with van der Waals surface area (Å²) in [5, 5.41) is 3.78. The first-order valence-corrected chi connectivity index (χ1v) is 12.4.